The zero-order chi connectivity index (χ0) is 48.4. The monoisotopic (exact) mass is 966 g/mol. The minimum absolute atomic E-state index is 0.0224. The number of benzene rings is 3. The number of anilines is 1. The van der Waals surface area contributed by atoms with Gasteiger partial charge in [0.05, 0.1) is 22.6 Å². The molecule has 0 saturated carbocycles. The molecule has 2 aromatic heterocycles. The van der Waals surface area contributed by atoms with Crippen LogP contribution in [0.4, 0.5) is 5.82 Å². The number of hydrogen-bond acceptors (Lipinski definition) is 13. The summed E-state index contributed by atoms with van der Waals surface area (Å²) in [4.78, 5) is 81.7. The van der Waals surface area contributed by atoms with Gasteiger partial charge in [-0.1, -0.05) is 68.9 Å². The van der Waals surface area contributed by atoms with Gasteiger partial charge in [0.2, 0.25) is 17.7 Å². The van der Waals surface area contributed by atoms with Crippen molar-refractivity contribution in [2.24, 2.45) is 0 Å². The summed E-state index contributed by atoms with van der Waals surface area (Å²) in [6, 6.07) is 21.7. The fraction of sp³-hybridized carbons (Fsp3) is 0.434. The number of nitrogens with two attached hydrogens (primary N) is 1. The molecule has 366 valence electrons. The molecule has 3 saturated heterocycles. The molecule has 5 aromatic rings. The van der Waals surface area contributed by atoms with Gasteiger partial charge in [0.1, 0.15) is 35.4 Å². The highest BCUT2D eigenvalue weighted by Gasteiger charge is 2.45. The Morgan fingerprint density at radius 1 is 0.786 bits per heavy atom. The number of piperazine rings is 1. The number of amides is 5. The van der Waals surface area contributed by atoms with Crippen molar-refractivity contribution in [2.75, 3.05) is 63.8 Å². The number of rotatable bonds is 20. The Hall–Kier alpha value is -6.43. The molecule has 4 aliphatic heterocycles. The number of imide groups is 2. The lowest BCUT2D eigenvalue weighted by Crippen LogP contribution is -2.54. The third-order valence-electron chi connectivity index (χ3n) is 13.8. The highest BCUT2D eigenvalue weighted by atomic mass is 32.2. The normalized spacial score (nSPS) is 19.1. The fourth-order valence-electron chi connectivity index (χ4n) is 10.0. The number of nitrogens with one attached hydrogen (secondary N) is 1. The van der Waals surface area contributed by atoms with Crippen LogP contribution in [0, 0.1) is 0 Å². The SMILES string of the molecule is Nc1ncnc2c1c(-c1ccc(Oc3ccccc3)cc1)nn2C1CCCN(C(=O)/C=C/CN2CCN(CCCCCCCCCCSc3cccc4c3C(=O)N(C3CCC(=O)NC3=O)C4=O)CC2)C1. The van der Waals surface area contributed by atoms with Crippen LogP contribution in [0.3, 0.4) is 0 Å². The average Bonchev–Trinajstić information content (AvgIpc) is 3.89. The van der Waals surface area contributed by atoms with Gasteiger partial charge in [0.15, 0.2) is 5.65 Å². The van der Waals surface area contributed by atoms with Crippen LogP contribution in [-0.2, 0) is 14.4 Å². The van der Waals surface area contributed by atoms with E-state index in [1.165, 1.54) is 44.9 Å². The molecule has 0 bridgehead atoms. The first-order valence-corrected chi connectivity index (χ1v) is 25.9. The van der Waals surface area contributed by atoms with E-state index in [4.69, 9.17) is 15.6 Å². The summed E-state index contributed by atoms with van der Waals surface area (Å²) >= 11 is 1.59. The largest absolute Gasteiger partial charge is 0.457 e. The Kier molecular flexibility index (Phi) is 16.0. The Labute approximate surface area is 413 Å². The molecule has 2 unspecified atom stereocenters. The van der Waals surface area contributed by atoms with Crippen molar-refractivity contribution < 1.29 is 28.7 Å². The number of likely N-dealkylation sites (tertiary alicyclic amines) is 1. The zero-order valence-electron chi connectivity index (χ0n) is 39.7. The number of hydrogen-bond donors (Lipinski definition) is 2. The van der Waals surface area contributed by atoms with E-state index in [0.29, 0.717) is 52.5 Å². The van der Waals surface area contributed by atoms with E-state index < -0.39 is 23.8 Å². The lowest BCUT2D eigenvalue weighted by Gasteiger charge is -2.34. The molecule has 17 heteroatoms. The van der Waals surface area contributed by atoms with Gasteiger partial charge in [-0.05, 0) is 92.9 Å². The lowest BCUT2D eigenvalue weighted by molar-refractivity contribution is -0.136. The first-order valence-electron chi connectivity index (χ1n) is 24.9. The Morgan fingerprint density at radius 3 is 2.29 bits per heavy atom. The van der Waals surface area contributed by atoms with E-state index in [1.807, 2.05) is 76.3 Å². The van der Waals surface area contributed by atoms with Crippen LogP contribution in [0.15, 0.2) is 96.2 Å². The molecule has 3 aromatic carbocycles. The second kappa shape index (κ2) is 23.0. The fourth-order valence-corrected chi connectivity index (χ4v) is 11.1. The number of aromatic nitrogens is 4. The maximum absolute atomic E-state index is 13.5. The molecule has 6 heterocycles. The molecular weight excluding hydrogens is 905 g/mol. The van der Waals surface area contributed by atoms with Crippen LogP contribution in [0.25, 0.3) is 22.3 Å². The predicted molar refractivity (Wildman–Crippen MR) is 269 cm³/mol. The zero-order valence-corrected chi connectivity index (χ0v) is 40.5. The summed E-state index contributed by atoms with van der Waals surface area (Å²) < 4.78 is 7.94. The highest BCUT2D eigenvalue weighted by Crippen LogP contribution is 2.37. The molecule has 4 aliphatic rings. The summed E-state index contributed by atoms with van der Waals surface area (Å²) in [5.74, 6) is 0.834. The van der Waals surface area contributed by atoms with Gasteiger partial charge in [0.25, 0.3) is 11.8 Å². The standard InChI is InChI=1S/C53H62N10O6S/c54-49-47-48(37-21-23-40(24-22-37)69-39-16-8-7-9-17-39)58-63(50(47)56-36-55-49)38-15-13-29-61(35-38)45(65)20-14-28-60-32-30-59(31-33-60)27-10-5-3-1-2-4-6-11-34-70-43-19-12-18-41-46(43)53(68)62(52(41)67)42-25-26-44(64)57-51(42)66/h7-9,12,14,16-24,36,38,42H,1-6,10-11,13,15,25-35H2,(H2,54,55,56)(H,57,64,66)/b20-14+. The molecule has 9 rings (SSSR count). The Bertz CT molecular complexity index is 2700. The molecule has 3 fully saturated rings. The van der Waals surface area contributed by atoms with Crippen molar-refractivity contribution in [2.45, 2.75) is 94.0 Å². The van der Waals surface area contributed by atoms with Crippen molar-refractivity contribution in [1.82, 2.24) is 44.7 Å². The Morgan fingerprint density at radius 2 is 1.51 bits per heavy atom. The maximum atomic E-state index is 13.5. The van der Waals surface area contributed by atoms with E-state index >= 15 is 0 Å². The topological polar surface area (TPSA) is 189 Å². The van der Waals surface area contributed by atoms with Crippen molar-refractivity contribution >= 4 is 58.1 Å². The number of ether oxygens (including phenoxy) is 1. The van der Waals surface area contributed by atoms with Crippen molar-refractivity contribution in [3.63, 3.8) is 0 Å². The number of carbonyl (C=O) groups is 5. The molecule has 2 atom stereocenters. The van der Waals surface area contributed by atoms with Gasteiger partial charge in [0, 0.05) is 68.8 Å². The number of nitrogens with zero attached hydrogens (tertiary/aromatic N) is 8. The molecule has 0 radical (unpaired) electrons. The lowest BCUT2D eigenvalue weighted by atomic mass is 10.0. The number of nitrogen functional groups attached to an aromatic ring is 1. The number of fused-ring (bicyclic) bond motifs is 2. The number of piperidine rings is 2. The smallest absolute Gasteiger partial charge is 0.263 e. The first-order chi connectivity index (χ1) is 34.2. The molecule has 5 amide bonds. The molecule has 0 spiro atoms. The molecule has 3 N–H and O–H groups in total. The van der Waals surface area contributed by atoms with Crippen LogP contribution >= 0.6 is 11.8 Å². The van der Waals surface area contributed by atoms with E-state index in [9.17, 15) is 24.0 Å². The summed E-state index contributed by atoms with van der Waals surface area (Å²) in [5, 5.41) is 8.02. The number of unbranched alkanes of at least 4 members (excludes halogenated alkanes) is 7. The van der Waals surface area contributed by atoms with E-state index in [1.54, 1.807) is 30.0 Å². The minimum Gasteiger partial charge on any atom is -0.457 e. The first kappa shape index (κ1) is 48.6. The third kappa shape index (κ3) is 11.4. The van der Waals surface area contributed by atoms with Gasteiger partial charge >= 0.3 is 0 Å². The van der Waals surface area contributed by atoms with E-state index in [-0.39, 0.29) is 30.7 Å². The van der Waals surface area contributed by atoms with Gasteiger partial charge in [-0.25, -0.2) is 14.6 Å². The summed E-state index contributed by atoms with van der Waals surface area (Å²) in [7, 11) is 0. The molecule has 0 aliphatic carbocycles. The summed E-state index contributed by atoms with van der Waals surface area (Å²) in [6.45, 7) is 7.20. The molecular formula is C53H62N10O6S. The number of para-hydroxylation sites is 1. The third-order valence-corrected chi connectivity index (χ3v) is 15.0. The van der Waals surface area contributed by atoms with E-state index in [0.717, 1.165) is 91.8 Å². The van der Waals surface area contributed by atoms with Gasteiger partial charge < -0.3 is 20.3 Å². The second-order valence-electron chi connectivity index (χ2n) is 18.6. The summed E-state index contributed by atoms with van der Waals surface area (Å²) in [6.07, 6.45) is 16.7. The molecule has 16 nitrogen and oxygen atoms in total. The Balaban J connectivity index is 0.638. The van der Waals surface area contributed by atoms with E-state index in [2.05, 4.69) is 25.1 Å². The molecule has 70 heavy (non-hydrogen) atoms. The van der Waals surface area contributed by atoms with Crippen LogP contribution in [0.5, 0.6) is 11.5 Å². The minimum atomic E-state index is -0.953. The summed E-state index contributed by atoms with van der Waals surface area (Å²) in [5.41, 5.74) is 9.39. The van der Waals surface area contributed by atoms with Crippen LogP contribution in [0.1, 0.15) is 104 Å². The van der Waals surface area contributed by atoms with Crippen LogP contribution < -0.4 is 15.8 Å². The van der Waals surface area contributed by atoms with Crippen molar-refractivity contribution in [1.29, 1.82) is 0 Å². The second-order valence-corrected chi connectivity index (χ2v) is 19.8. The van der Waals surface area contributed by atoms with Gasteiger partial charge in [-0.15, -0.1) is 11.8 Å². The maximum Gasteiger partial charge on any atom is 0.263 e. The predicted octanol–water partition coefficient (Wildman–Crippen LogP) is 7.52. The van der Waals surface area contributed by atoms with Crippen LogP contribution in [0.2, 0.25) is 0 Å². The van der Waals surface area contributed by atoms with Gasteiger partial charge in [-0.3, -0.25) is 39.1 Å². The van der Waals surface area contributed by atoms with Crippen molar-refractivity contribution in [3.05, 3.63) is 102 Å². The van der Waals surface area contributed by atoms with Crippen molar-refractivity contribution in [3.8, 4) is 22.8 Å². The van der Waals surface area contributed by atoms with Crippen LogP contribution in [-0.4, -0.2) is 133 Å². The number of thioether (sulfide) groups is 1. The van der Waals surface area contributed by atoms with Gasteiger partial charge in [-0.2, -0.15) is 5.10 Å². The average molecular weight is 967 g/mol. The highest BCUT2D eigenvalue weighted by molar-refractivity contribution is 7.99. The number of carbonyl (C=O) groups excluding carboxylic acids is 5. The quantitative estimate of drug-likeness (QED) is 0.0338.